The van der Waals surface area contributed by atoms with Crippen LogP contribution in [-0.4, -0.2) is 29.9 Å². The van der Waals surface area contributed by atoms with Crippen molar-refractivity contribution in [3.8, 4) is 5.75 Å². The van der Waals surface area contributed by atoms with Crippen LogP contribution in [0.4, 0.5) is 8.78 Å². The van der Waals surface area contributed by atoms with E-state index in [4.69, 9.17) is 4.74 Å². The maximum atomic E-state index is 13.8. The summed E-state index contributed by atoms with van der Waals surface area (Å²) < 4.78 is 32.6. The van der Waals surface area contributed by atoms with Gasteiger partial charge < -0.3 is 9.64 Å². The molecular formula is C22H23F2NO3. The lowest BCUT2D eigenvalue weighted by molar-refractivity contribution is -0.140. The molecule has 0 saturated carbocycles. The minimum atomic E-state index is -0.878. The number of esters is 1. The fraction of sp³-hybridized carbons (Fsp3) is 0.364. The Hall–Kier alpha value is -2.76. The van der Waals surface area contributed by atoms with Crippen LogP contribution in [0.5, 0.6) is 5.75 Å². The monoisotopic (exact) mass is 387 g/mol. The van der Waals surface area contributed by atoms with Crippen LogP contribution in [0.25, 0.3) is 0 Å². The Balaban J connectivity index is 1.63. The summed E-state index contributed by atoms with van der Waals surface area (Å²) in [6, 6.07) is 6.82. The van der Waals surface area contributed by atoms with E-state index in [9.17, 15) is 18.4 Å². The molecule has 28 heavy (non-hydrogen) atoms. The Morgan fingerprint density at radius 1 is 1.00 bits per heavy atom. The first-order valence-electron chi connectivity index (χ1n) is 9.30. The van der Waals surface area contributed by atoms with E-state index in [1.54, 1.807) is 0 Å². The van der Waals surface area contributed by atoms with E-state index in [2.05, 4.69) is 0 Å². The van der Waals surface area contributed by atoms with Crippen LogP contribution in [-0.2, 0) is 4.79 Å². The van der Waals surface area contributed by atoms with Crippen molar-refractivity contribution in [1.29, 1.82) is 0 Å². The second kappa shape index (κ2) is 8.09. The zero-order valence-electron chi connectivity index (χ0n) is 16.2. The van der Waals surface area contributed by atoms with Crippen LogP contribution >= 0.6 is 0 Å². The highest BCUT2D eigenvalue weighted by Gasteiger charge is 2.30. The largest absolute Gasteiger partial charge is 0.426 e. The van der Waals surface area contributed by atoms with Crippen LogP contribution < -0.4 is 4.74 Å². The Morgan fingerprint density at radius 2 is 1.64 bits per heavy atom. The number of amides is 1. The van der Waals surface area contributed by atoms with Gasteiger partial charge in [-0.25, -0.2) is 8.78 Å². The summed E-state index contributed by atoms with van der Waals surface area (Å²) in [5.74, 6) is -2.13. The topological polar surface area (TPSA) is 46.6 Å². The van der Waals surface area contributed by atoms with Gasteiger partial charge in [0.15, 0.2) is 0 Å². The lowest BCUT2D eigenvalue weighted by Gasteiger charge is -2.31. The highest BCUT2D eigenvalue weighted by atomic mass is 19.1. The van der Waals surface area contributed by atoms with Crippen molar-refractivity contribution in [2.24, 2.45) is 5.92 Å². The van der Waals surface area contributed by atoms with Gasteiger partial charge in [-0.15, -0.1) is 0 Å². The number of rotatable bonds is 3. The third-order valence-electron chi connectivity index (χ3n) is 5.35. The first-order valence-corrected chi connectivity index (χ1v) is 9.30. The molecule has 0 bridgehead atoms. The highest BCUT2D eigenvalue weighted by Crippen LogP contribution is 2.28. The zero-order chi connectivity index (χ0) is 20.4. The lowest BCUT2D eigenvalue weighted by atomic mass is 9.96. The number of benzene rings is 2. The summed E-state index contributed by atoms with van der Waals surface area (Å²) in [5.41, 5.74) is 2.73. The van der Waals surface area contributed by atoms with Gasteiger partial charge >= 0.3 is 5.97 Å². The number of piperidine rings is 1. The average Bonchev–Trinajstić information content (AvgIpc) is 2.68. The molecule has 1 aliphatic rings. The lowest BCUT2D eigenvalue weighted by Crippen LogP contribution is -2.41. The SMILES string of the molecule is Cc1ccc(C)c(OC(=O)C2CCN(C(=O)c3ccc(F)cc3F)CC2)c1C. The third kappa shape index (κ3) is 4.06. The Bertz CT molecular complexity index is 918. The van der Waals surface area contributed by atoms with E-state index in [0.717, 1.165) is 28.8 Å². The molecule has 6 heteroatoms. The normalized spacial score (nSPS) is 14.8. The zero-order valence-corrected chi connectivity index (χ0v) is 16.2. The molecule has 2 aromatic rings. The van der Waals surface area contributed by atoms with E-state index in [1.807, 2.05) is 32.9 Å². The minimum absolute atomic E-state index is 0.159. The van der Waals surface area contributed by atoms with Gasteiger partial charge in [-0.3, -0.25) is 9.59 Å². The number of halogens is 2. The average molecular weight is 387 g/mol. The summed E-state index contributed by atoms with van der Waals surface area (Å²) in [5, 5.41) is 0. The summed E-state index contributed by atoms with van der Waals surface area (Å²) in [4.78, 5) is 26.6. The van der Waals surface area contributed by atoms with Crippen molar-refractivity contribution in [3.63, 3.8) is 0 Å². The Kier molecular flexibility index (Phi) is 5.77. The highest BCUT2D eigenvalue weighted by molar-refractivity contribution is 5.94. The van der Waals surface area contributed by atoms with Crippen LogP contribution in [0.1, 0.15) is 39.9 Å². The number of aryl methyl sites for hydroxylation is 2. The molecule has 0 aliphatic carbocycles. The van der Waals surface area contributed by atoms with Gasteiger partial charge in [-0.2, -0.15) is 0 Å². The fourth-order valence-electron chi connectivity index (χ4n) is 3.42. The van der Waals surface area contributed by atoms with Gasteiger partial charge in [-0.1, -0.05) is 12.1 Å². The number of likely N-dealkylation sites (tertiary alicyclic amines) is 1. The van der Waals surface area contributed by atoms with Gasteiger partial charge in [0.2, 0.25) is 0 Å². The summed E-state index contributed by atoms with van der Waals surface area (Å²) in [7, 11) is 0. The molecule has 2 aromatic carbocycles. The number of ether oxygens (including phenoxy) is 1. The molecule has 1 saturated heterocycles. The second-order valence-electron chi connectivity index (χ2n) is 7.27. The third-order valence-corrected chi connectivity index (χ3v) is 5.35. The van der Waals surface area contributed by atoms with E-state index >= 15 is 0 Å². The van der Waals surface area contributed by atoms with Gasteiger partial charge in [0.05, 0.1) is 11.5 Å². The van der Waals surface area contributed by atoms with Crippen molar-refractivity contribution in [3.05, 3.63) is 64.2 Å². The predicted octanol–water partition coefficient (Wildman–Crippen LogP) is 4.35. The predicted molar refractivity (Wildman–Crippen MR) is 101 cm³/mol. The number of carbonyl (C=O) groups excluding carboxylic acids is 2. The first kappa shape index (κ1) is 20.0. The fourth-order valence-corrected chi connectivity index (χ4v) is 3.42. The maximum absolute atomic E-state index is 13.8. The molecule has 1 heterocycles. The smallest absolute Gasteiger partial charge is 0.314 e. The van der Waals surface area contributed by atoms with E-state index in [-0.39, 0.29) is 17.5 Å². The molecule has 0 unspecified atom stereocenters. The number of nitrogens with zero attached hydrogens (tertiary/aromatic N) is 1. The molecule has 0 aromatic heterocycles. The van der Waals surface area contributed by atoms with Crippen molar-refractivity contribution in [2.45, 2.75) is 33.6 Å². The molecule has 0 N–H and O–H groups in total. The molecular weight excluding hydrogens is 364 g/mol. The molecule has 4 nitrogen and oxygen atoms in total. The van der Waals surface area contributed by atoms with Gasteiger partial charge in [-0.05, 0) is 62.4 Å². The molecule has 0 atom stereocenters. The second-order valence-corrected chi connectivity index (χ2v) is 7.27. The van der Waals surface area contributed by atoms with Crippen molar-refractivity contribution in [1.82, 2.24) is 4.90 Å². The maximum Gasteiger partial charge on any atom is 0.314 e. The standard InChI is InChI=1S/C22H23F2NO3/c1-13-4-5-14(2)20(15(13)3)28-22(27)16-8-10-25(11-9-16)21(26)18-7-6-17(23)12-19(18)24/h4-7,12,16H,8-11H2,1-3H3. The molecule has 1 fully saturated rings. The molecule has 1 aliphatic heterocycles. The van der Waals surface area contributed by atoms with Crippen molar-refractivity contribution >= 4 is 11.9 Å². The molecule has 1 amide bonds. The number of carbonyl (C=O) groups is 2. The quantitative estimate of drug-likeness (QED) is 0.581. The van der Waals surface area contributed by atoms with Crippen molar-refractivity contribution < 1.29 is 23.1 Å². The number of hydrogen-bond donors (Lipinski definition) is 0. The van der Waals surface area contributed by atoms with Gasteiger partial charge in [0.25, 0.3) is 5.91 Å². The van der Waals surface area contributed by atoms with Crippen LogP contribution in [0.15, 0.2) is 30.3 Å². The Morgan fingerprint density at radius 3 is 2.29 bits per heavy atom. The van der Waals surface area contributed by atoms with E-state index < -0.39 is 17.5 Å². The van der Waals surface area contributed by atoms with Crippen LogP contribution in [0.3, 0.4) is 0 Å². The Labute approximate surface area is 163 Å². The molecule has 0 spiro atoms. The van der Waals surface area contributed by atoms with Crippen LogP contribution in [0, 0.1) is 38.3 Å². The van der Waals surface area contributed by atoms with Gasteiger partial charge in [0.1, 0.15) is 17.4 Å². The van der Waals surface area contributed by atoms with Gasteiger partial charge in [0, 0.05) is 19.2 Å². The molecule has 0 radical (unpaired) electrons. The van der Waals surface area contributed by atoms with E-state index in [0.29, 0.717) is 37.7 Å². The summed E-state index contributed by atoms with van der Waals surface area (Å²) in [6.45, 7) is 6.42. The van der Waals surface area contributed by atoms with E-state index in [1.165, 1.54) is 4.90 Å². The summed E-state index contributed by atoms with van der Waals surface area (Å²) in [6.07, 6.45) is 0.884. The summed E-state index contributed by atoms with van der Waals surface area (Å²) >= 11 is 0. The minimum Gasteiger partial charge on any atom is -0.426 e. The first-order chi connectivity index (χ1) is 13.3. The van der Waals surface area contributed by atoms with Crippen molar-refractivity contribution in [2.75, 3.05) is 13.1 Å². The molecule has 3 rings (SSSR count). The number of hydrogen-bond acceptors (Lipinski definition) is 3. The molecule has 148 valence electrons. The van der Waals surface area contributed by atoms with Crippen LogP contribution in [0.2, 0.25) is 0 Å².